The molecule has 0 atom stereocenters. The van der Waals surface area contributed by atoms with E-state index in [0.29, 0.717) is 17.0 Å². The monoisotopic (exact) mass is 338 g/mol. The molecule has 2 aromatic rings. The van der Waals surface area contributed by atoms with Crippen LogP contribution in [-0.4, -0.2) is 29.8 Å². The van der Waals surface area contributed by atoms with E-state index in [1.807, 2.05) is 17.0 Å². The topological polar surface area (TPSA) is 62.6 Å². The number of carbonyl (C=O) groups is 2. The predicted molar refractivity (Wildman–Crippen MR) is 97.2 cm³/mol. The Labute approximate surface area is 147 Å². The molecule has 25 heavy (non-hydrogen) atoms. The van der Waals surface area contributed by atoms with Gasteiger partial charge in [-0.15, -0.1) is 0 Å². The smallest absolute Gasteiger partial charge is 0.255 e. The highest BCUT2D eigenvalue weighted by molar-refractivity contribution is 6.07. The second-order valence-electron chi connectivity index (χ2n) is 6.09. The minimum Gasteiger partial charge on any atom is -0.465 e. The van der Waals surface area contributed by atoms with Crippen LogP contribution in [0.25, 0.3) is 6.08 Å². The van der Waals surface area contributed by atoms with E-state index in [4.69, 9.17) is 4.42 Å². The zero-order valence-corrected chi connectivity index (χ0v) is 14.1. The molecule has 130 valence electrons. The maximum Gasteiger partial charge on any atom is 0.255 e. The molecule has 5 heteroatoms. The Hall–Kier alpha value is -2.82. The van der Waals surface area contributed by atoms with Crippen molar-refractivity contribution in [2.75, 3.05) is 18.4 Å². The van der Waals surface area contributed by atoms with Gasteiger partial charge in [-0.3, -0.25) is 9.59 Å². The third-order valence-electron chi connectivity index (χ3n) is 4.25. The molecular weight excluding hydrogens is 316 g/mol. The Morgan fingerprint density at radius 1 is 1.00 bits per heavy atom. The van der Waals surface area contributed by atoms with Gasteiger partial charge in [0.15, 0.2) is 0 Å². The molecule has 1 aromatic carbocycles. The highest BCUT2D eigenvalue weighted by atomic mass is 16.3. The molecule has 0 aliphatic carbocycles. The number of carbonyl (C=O) groups excluding carboxylic acids is 2. The van der Waals surface area contributed by atoms with E-state index in [1.54, 1.807) is 36.6 Å². The molecule has 1 fully saturated rings. The number of para-hydroxylation sites is 1. The van der Waals surface area contributed by atoms with Crippen LogP contribution in [0.2, 0.25) is 0 Å². The first-order chi connectivity index (χ1) is 12.2. The van der Waals surface area contributed by atoms with Gasteiger partial charge in [0, 0.05) is 19.2 Å². The first kappa shape index (κ1) is 17.0. The summed E-state index contributed by atoms with van der Waals surface area (Å²) < 4.78 is 5.16. The van der Waals surface area contributed by atoms with E-state index < -0.39 is 0 Å². The number of furan rings is 1. The summed E-state index contributed by atoms with van der Waals surface area (Å²) in [5, 5.41) is 2.79. The molecule has 1 saturated heterocycles. The number of nitrogens with one attached hydrogen (secondary N) is 1. The summed E-state index contributed by atoms with van der Waals surface area (Å²) in [6.45, 7) is 1.55. The summed E-state index contributed by atoms with van der Waals surface area (Å²) in [5.74, 6) is 0.282. The van der Waals surface area contributed by atoms with Gasteiger partial charge in [0.05, 0.1) is 17.5 Å². The highest BCUT2D eigenvalue weighted by Gasteiger charge is 2.20. The number of hydrogen-bond donors (Lipinski definition) is 1. The number of nitrogens with zero attached hydrogens (tertiary/aromatic N) is 1. The molecule has 0 spiro atoms. The Balaban J connectivity index is 1.71. The summed E-state index contributed by atoms with van der Waals surface area (Å²) in [5.41, 5.74) is 1.06. The first-order valence-electron chi connectivity index (χ1n) is 8.65. The van der Waals surface area contributed by atoms with Gasteiger partial charge in [-0.2, -0.15) is 0 Å². The normalized spacial score (nSPS) is 15.1. The number of amides is 2. The second-order valence-corrected chi connectivity index (χ2v) is 6.09. The van der Waals surface area contributed by atoms with Crippen molar-refractivity contribution in [3.63, 3.8) is 0 Å². The Bertz CT molecular complexity index is 742. The van der Waals surface area contributed by atoms with E-state index in [0.717, 1.165) is 25.9 Å². The van der Waals surface area contributed by atoms with Gasteiger partial charge in [-0.25, -0.2) is 0 Å². The fourth-order valence-corrected chi connectivity index (χ4v) is 2.94. The maximum absolute atomic E-state index is 12.8. The lowest BCUT2D eigenvalue weighted by molar-refractivity contribution is -0.111. The third-order valence-corrected chi connectivity index (χ3v) is 4.25. The van der Waals surface area contributed by atoms with Gasteiger partial charge in [-0.05, 0) is 43.2 Å². The molecule has 1 aliphatic rings. The minimum atomic E-state index is -0.299. The van der Waals surface area contributed by atoms with Gasteiger partial charge in [-0.1, -0.05) is 25.0 Å². The summed E-state index contributed by atoms with van der Waals surface area (Å²) in [6, 6.07) is 10.7. The number of likely N-dealkylation sites (tertiary alicyclic amines) is 1. The molecule has 0 unspecified atom stereocenters. The van der Waals surface area contributed by atoms with Gasteiger partial charge >= 0.3 is 0 Å². The summed E-state index contributed by atoms with van der Waals surface area (Å²) in [4.78, 5) is 26.9. The fourth-order valence-electron chi connectivity index (χ4n) is 2.94. The molecule has 0 bridgehead atoms. The summed E-state index contributed by atoms with van der Waals surface area (Å²) >= 11 is 0. The van der Waals surface area contributed by atoms with Crippen LogP contribution in [0, 0.1) is 0 Å². The van der Waals surface area contributed by atoms with Crippen LogP contribution < -0.4 is 5.32 Å². The van der Waals surface area contributed by atoms with E-state index in [2.05, 4.69) is 5.32 Å². The Morgan fingerprint density at radius 3 is 2.48 bits per heavy atom. The third kappa shape index (κ3) is 4.59. The lowest BCUT2D eigenvalue weighted by Crippen LogP contribution is -2.32. The van der Waals surface area contributed by atoms with Crippen LogP contribution in [0.15, 0.2) is 53.2 Å². The molecule has 1 N–H and O–H groups in total. The highest BCUT2D eigenvalue weighted by Crippen LogP contribution is 2.20. The van der Waals surface area contributed by atoms with E-state index in [1.165, 1.54) is 18.9 Å². The Morgan fingerprint density at radius 2 is 1.76 bits per heavy atom. The molecule has 5 nitrogen and oxygen atoms in total. The molecule has 0 radical (unpaired) electrons. The van der Waals surface area contributed by atoms with Gasteiger partial charge in [0.1, 0.15) is 5.76 Å². The van der Waals surface area contributed by atoms with Crippen LogP contribution in [0.3, 0.4) is 0 Å². The number of hydrogen-bond acceptors (Lipinski definition) is 3. The molecule has 0 saturated carbocycles. The molecule has 1 aromatic heterocycles. The zero-order chi connectivity index (χ0) is 17.5. The van der Waals surface area contributed by atoms with E-state index in [-0.39, 0.29) is 11.8 Å². The number of benzene rings is 1. The largest absolute Gasteiger partial charge is 0.465 e. The van der Waals surface area contributed by atoms with Crippen LogP contribution >= 0.6 is 0 Å². The van der Waals surface area contributed by atoms with Crippen LogP contribution in [0.1, 0.15) is 41.8 Å². The SMILES string of the molecule is O=C(/C=C/c1ccco1)Nc1ccccc1C(=O)N1CCCCCC1. The molecule has 3 rings (SSSR count). The van der Waals surface area contributed by atoms with Gasteiger partial charge in [0.2, 0.25) is 5.91 Å². The van der Waals surface area contributed by atoms with Crippen molar-refractivity contribution in [1.29, 1.82) is 0 Å². The van der Waals surface area contributed by atoms with Crippen molar-refractivity contribution in [2.45, 2.75) is 25.7 Å². The lowest BCUT2D eigenvalue weighted by atomic mass is 10.1. The summed E-state index contributed by atoms with van der Waals surface area (Å²) in [7, 11) is 0. The summed E-state index contributed by atoms with van der Waals surface area (Å²) in [6.07, 6.45) is 8.94. The van der Waals surface area contributed by atoms with Crippen molar-refractivity contribution in [2.24, 2.45) is 0 Å². The van der Waals surface area contributed by atoms with Gasteiger partial charge in [0.25, 0.3) is 5.91 Å². The molecule has 2 heterocycles. The number of anilines is 1. The zero-order valence-electron chi connectivity index (χ0n) is 14.1. The predicted octanol–water partition coefficient (Wildman–Crippen LogP) is 3.95. The van der Waals surface area contributed by atoms with Crippen molar-refractivity contribution >= 4 is 23.6 Å². The number of rotatable bonds is 4. The average Bonchev–Trinajstić information content (AvgIpc) is 3.00. The van der Waals surface area contributed by atoms with E-state index >= 15 is 0 Å². The van der Waals surface area contributed by atoms with Gasteiger partial charge < -0.3 is 14.6 Å². The van der Waals surface area contributed by atoms with Crippen LogP contribution in [0.4, 0.5) is 5.69 Å². The van der Waals surface area contributed by atoms with Crippen molar-refractivity contribution in [1.82, 2.24) is 4.90 Å². The van der Waals surface area contributed by atoms with Crippen LogP contribution in [-0.2, 0) is 4.79 Å². The minimum absolute atomic E-state index is 0.0205. The maximum atomic E-state index is 12.8. The first-order valence-corrected chi connectivity index (χ1v) is 8.65. The van der Waals surface area contributed by atoms with Crippen molar-refractivity contribution < 1.29 is 14.0 Å². The quantitative estimate of drug-likeness (QED) is 0.859. The standard InChI is InChI=1S/C20H22N2O3/c23-19(12-11-16-8-7-15-25-16)21-18-10-4-3-9-17(18)20(24)22-13-5-1-2-6-14-22/h3-4,7-12,15H,1-2,5-6,13-14H2,(H,21,23)/b12-11+. The van der Waals surface area contributed by atoms with E-state index in [9.17, 15) is 9.59 Å². The second kappa shape index (κ2) is 8.33. The Kier molecular flexibility index (Phi) is 5.67. The lowest BCUT2D eigenvalue weighted by Gasteiger charge is -2.21. The van der Waals surface area contributed by atoms with Crippen molar-refractivity contribution in [3.05, 3.63) is 60.1 Å². The molecular formula is C20H22N2O3. The molecule has 2 amide bonds. The fraction of sp³-hybridized carbons (Fsp3) is 0.300. The molecule has 1 aliphatic heterocycles. The van der Waals surface area contributed by atoms with Crippen LogP contribution in [0.5, 0.6) is 0 Å². The van der Waals surface area contributed by atoms with Crippen molar-refractivity contribution in [3.8, 4) is 0 Å². The average molecular weight is 338 g/mol.